The number of benzene rings is 1. The van der Waals surface area contributed by atoms with E-state index in [-0.39, 0.29) is 30.0 Å². The number of amides is 1. The summed E-state index contributed by atoms with van der Waals surface area (Å²) < 4.78 is 31.3. The molecule has 1 aromatic carbocycles. The smallest absolute Gasteiger partial charge is 0.305 e. The van der Waals surface area contributed by atoms with E-state index in [4.69, 9.17) is 16.3 Å². The number of sulfonamides is 1. The van der Waals surface area contributed by atoms with Crippen LogP contribution in [-0.4, -0.2) is 50.7 Å². The second-order valence-electron chi connectivity index (χ2n) is 5.66. The first-order valence-electron chi connectivity index (χ1n) is 7.43. The maximum atomic E-state index is 12.4. The van der Waals surface area contributed by atoms with E-state index in [0.717, 1.165) is 0 Å². The van der Waals surface area contributed by atoms with Crippen LogP contribution in [0.5, 0.6) is 0 Å². The lowest BCUT2D eigenvalue weighted by molar-refractivity contribution is -0.138. The molecule has 1 aliphatic heterocycles. The van der Waals surface area contributed by atoms with Crippen molar-refractivity contribution in [1.29, 1.82) is 0 Å². The van der Waals surface area contributed by atoms with Gasteiger partial charge in [0.2, 0.25) is 10.0 Å². The number of rotatable bonds is 7. The minimum Gasteiger partial charge on any atom is -0.481 e. The molecule has 1 fully saturated rings. The fraction of sp³-hybridized carbons (Fsp3) is 0.375. The summed E-state index contributed by atoms with van der Waals surface area (Å²) in [6.07, 6.45) is 5.17. The summed E-state index contributed by atoms with van der Waals surface area (Å²) in [5.74, 6) is 0.640. The number of hydrogen-bond acceptors (Lipinski definition) is 5. The highest BCUT2D eigenvalue weighted by Gasteiger charge is 2.38. The minimum atomic E-state index is -3.74. The molecule has 2 rings (SSSR count). The zero-order valence-electron chi connectivity index (χ0n) is 13.3. The van der Waals surface area contributed by atoms with Crippen LogP contribution in [-0.2, 0) is 19.6 Å². The summed E-state index contributed by atoms with van der Waals surface area (Å²) in [6.45, 7) is 0.349. The van der Waals surface area contributed by atoms with Crippen LogP contribution >= 0.6 is 0 Å². The first kappa shape index (κ1) is 18.9. The van der Waals surface area contributed by atoms with Gasteiger partial charge in [0.25, 0.3) is 5.91 Å². The third kappa shape index (κ3) is 4.79. The number of carboxylic acid groups (broad SMARTS) is 1. The van der Waals surface area contributed by atoms with Gasteiger partial charge in [-0.3, -0.25) is 9.59 Å². The molecule has 8 nitrogen and oxygen atoms in total. The monoisotopic (exact) mass is 366 g/mol. The highest BCUT2D eigenvalue weighted by atomic mass is 32.2. The summed E-state index contributed by atoms with van der Waals surface area (Å²) in [4.78, 5) is 23.4. The summed E-state index contributed by atoms with van der Waals surface area (Å²) in [7, 11) is -3.74. The van der Waals surface area contributed by atoms with Gasteiger partial charge in [0.05, 0.1) is 30.0 Å². The predicted molar refractivity (Wildman–Crippen MR) is 88.3 cm³/mol. The molecule has 0 radical (unpaired) electrons. The second kappa shape index (κ2) is 7.65. The normalized spacial score (nSPS) is 20.0. The van der Waals surface area contributed by atoms with Gasteiger partial charge in [-0.15, -0.1) is 6.42 Å². The molecule has 25 heavy (non-hydrogen) atoms. The van der Waals surface area contributed by atoms with Crippen LogP contribution in [0.15, 0.2) is 29.2 Å². The molecule has 0 aromatic heterocycles. The van der Waals surface area contributed by atoms with E-state index in [1.165, 1.54) is 24.3 Å². The fourth-order valence-corrected chi connectivity index (χ4v) is 3.43. The molecule has 1 atom stereocenters. The highest BCUT2D eigenvalue weighted by molar-refractivity contribution is 7.89. The van der Waals surface area contributed by atoms with Crippen LogP contribution in [0.2, 0.25) is 0 Å². The van der Waals surface area contributed by atoms with Crippen molar-refractivity contribution in [3.05, 3.63) is 29.8 Å². The maximum Gasteiger partial charge on any atom is 0.305 e. The zero-order valence-corrected chi connectivity index (χ0v) is 14.1. The summed E-state index contributed by atoms with van der Waals surface area (Å²) >= 11 is 0. The molecule has 1 unspecified atom stereocenters. The van der Waals surface area contributed by atoms with Crippen molar-refractivity contribution in [1.82, 2.24) is 10.0 Å². The Morgan fingerprint density at radius 1 is 1.32 bits per heavy atom. The third-order valence-corrected chi connectivity index (χ3v) is 5.18. The number of nitrogens with one attached hydrogen (secondary N) is 2. The SMILES string of the molecule is C#CCNS(=O)(=O)c1ccc(C(=O)NC2(CC(=O)O)CCOC2)cc1. The standard InChI is InChI=1S/C16H18N2O6S/c1-2-8-17-25(22,23)13-5-3-12(4-6-13)15(21)18-16(10-14(19)20)7-9-24-11-16/h1,3-6,17H,7-11H2,(H,18,21)(H,19,20). The Hall–Kier alpha value is -2.41. The van der Waals surface area contributed by atoms with Gasteiger partial charge in [-0.1, -0.05) is 5.92 Å². The van der Waals surface area contributed by atoms with Crippen molar-refractivity contribution >= 4 is 21.9 Å². The Kier molecular flexibility index (Phi) is 5.79. The van der Waals surface area contributed by atoms with E-state index in [1.54, 1.807) is 0 Å². The molecule has 0 saturated carbocycles. The van der Waals surface area contributed by atoms with Crippen LogP contribution in [0.1, 0.15) is 23.2 Å². The first-order chi connectivity index (χ1) is 11.8. The summed E-state index contributed by atoms with van der Waals surface area (Å²) in [6, 6.07) is 5.26. The number of ether oxygens (including phenoxy) is 1. The van der Waals surface area contributed by atoms with Crippen molar-refractivity contribution in [3.8, 4) is 12.3 Å². The molecule has 1 aliphatic rings. The van der Waals surface area contributed by atoms with E-state index < -0.39 is 27.4 Å². The maximum absolute atomic E-state index is 12.4. The predicted octanol–water partition coefficient (Wildman–Crippen LogP) is -0.0383. The number of aliphatic carboxylic acids is 1. The van der Waals surface area contributed by atoms with Crippen LogP contribution in [0.4, 0.5) is 0 Å². The largest absolute Gasteiger partial charge is 0.481 e. The van der Waals surface area contributed by atoms with Crippen molar-refractivity contribution in [3.63, 3.8) is 0 Å². The molecular weight excluding hydrogens is 348 g/mol. The Balaban J connectivity index is 2.12. The van der Waals surface area contributed by atoms with E-state index >= 15 is 0 Å². The molecular formula is C16H18N2O6S. The molecule has 1 heterocycles. The summed E-state index contributed by atoms with van der Waals surface area (Å²) in [5, 5.41) is 11.7. The van der Waals surface area contributed by atoms with Crippen LogP contribution in [0.3, 0.4) is 0 Å². The highest BCUT2D eigenvalue weighted by Crippen LogP contribution is 2.23. The zero-order chi connectivity index (χ0) is 18.5. The number of carboxylic acids is 1. The topological polar surface area (TPSA) is 122 Å². The second-order valence-corrected chi connectivity index (χ2v) is 7.43. The lowest BCUT2D eigenvalue weighted by Crippen LogP contribution is -2.50. The Morgan fingerprint density at radius 2 is 2.00 bits per heavy atom. The average Bonchev–Trinajstić information content (AvgIpc) is 3.00. The lowest BCUT2D eigenvalue weighted by atomic mass is 9.94. The molecule has 3 N–H and O–H groups in total. The van der Waals surface area contributed by atoms with Crippen LogP contribution in [0.25, 0.3) is 0 Å². The van der Waals surface area contributed by atoms with Crippen molar-refractivity contribution in [2.75, 3.05) is 19.8 Å². The molecule has 0 bridgehead atoms. The Morgan fingerprint density at radius 3 is 2.52 bits per heavy atom. The Labute approximate surface area is 145 Å². The van der Waals surface area contributed by atoms with Crippen molar-refractivity contribution < 1.29 is 27.9 Å². The first-order valence-corrected chi connectivity index (χ1v) is 8.92. The molecule has 1 amide bonds. The molecule has 9 heteroatoms. The number of carbonyl (C=O) groups is 2. The quantitative estimate of drug-likeness (QED) is 0.582. The van der Waals surface area contributed by atoms with Gasteiger partial charge < -0.3 is 15.2 Å². The number of terminal acetylenes is 1. The van der Waals surface area contributed by atoms with Gasteiger partial charge >= 0.3 is 5.97 Å². The number of hydrogen-bond donors (Lipinski definition) is 3. The van der Waals surface area contributed by atoms with E-state index in [9.17, 15) is 18.0 Å². The van der Waals surface area contributed by atoms with E-state index in [1.807, 2.05) is 0 Å². The molecule has 0 spiro atoms. The third-order valence-electron chi connectivity index (χ3n) is 3.76. The van der Waals surface area contributed by atoms with Gasteiger partial charge in [-0.25, -0.2) is 8.42 Å². The minimum absolute atomic E-state index is 0.0243. The van der Waals surface area contributed by atoms with Crippen LogP contribution in [0, 0.1) is 12.3 Å². The van der Waals surface area contributed by atoms with E-state index in [0.29, 0.717) is 13.0 Å². The number of carbonyl (C=O) groups excluding carboxylic acids is 1. The van der Waals surface area contributed by atoms with Crippen LogP contribution < -0.4 is 10.0 Å². The molecule has 1 aromatic rings. The molecule has 1 saturated heterocycles. The van der Waals surface area contributed by atoms with E-state index in [2.05, 4.69) is 16.0 Å². The van der Waals surface area contributed by atoms with Gasteiger partial charge in [0, 0.05) is 12.2 Å². The van der Waals surface area contributed by atoms with Gasteiger partial charge in [-0.2, -0.15) is 4.72 Å². The average molecular weight is 366 g/mol. The fourth-order valence-electron chi connectivity index (χ4n) is 2.50. The molecule has 134 valence electrons. The molecule has 0 aliphatic carbocycles. The lowest BCUT2D eigenvalue weighted by Gasteiger charge is -2.27. The van der Waals surface area contributed by atoms with Gasteiger partial charge in [-0.05, 0) is 30.7 Å². The van der Waals surface area contributed by atoms with Crippen molar-refractivity contribution in [2.45, 2.75) is 23.3 Å². The Bertz CT molecular complexity index is 789. The van der Waals surface area contributed by atoms with Gasteiger partial charge in [0.1, 0.15) is 0 Å². The van der Waals surface area contributed by atoms with Crippen molar-refractivity contribution in [2.24, 2.45) is 0 Å². The summed E-state index contributed by atoms with van der Waals surface area (Å²) in [5.41, 5.74) is -0.741. The van der Waals surface area contributed by atoms with Gasteiger partial charge in [0.15, 0.2) is 0 Å².